The van der Waals surface area contributed by atoms with E-state index in [1.807, 2.05) is 0 Å². The number of benzene rings is 2. The number of thiazole rings is 1. The third kappa shape index (κ3) is 5.11. The van der Waals surface area contributed by atoms with Gasteiger partial charge >= 0.3 is 6.18 Å². The minimum atomic E-state index is -5.01. The normalized spacial score (nSPS) is 11.2. The number of hydrogen-bond donors (Lipinski definition) is 3. The molecule has 3 N–H and O–H groups in total. The van der Waals surface area contributed by atoms with Crippen molar-refractivity contribution >= 4 is 34.0 Å². The summed E-state index contributed by atoms with van der Waals surface area (Å²) in [6.07, 6.45) is -5.23. The molecule has 1 heterocycles. The third-order valence-corrected chi connectivity index (χ3v) is 5.39. The van der Waals surface area contributed by atoms with Crippen LogP contribution in [0.4, 0.5) is 32.8 Å². The summed E-state index contributed by atoms with van der Waals surface area (Å²) in [6, 6.07) is 5.73. The molecule has 0 bridgehead atoms. The summed E-state index contributed by atoms with van der Waals surface area (Å²) in [6.45, 7) is 0. The summed E-state index contributed by atoms with van der Waals surface area (Å²) in [7, 11) is 3.07. The second-order valence-electron chi connectivity index (χ2n) is 6.71. The van der Waals surface area contributed by atoms with Crippen LogP contribution in [-0.2, 0) is 17.4 Å². The van der Waals surface area contributed by atoms with Gasteiger partial charge < -0.3 is 16.0 Å². The fraction of sp³-hybridized carbons (Fsp3) is 0.190. The number of nitrogens with one attached hydrogen (secondary N) is 3. The van der Waals surface area contributed by atoms with Crippen LogP contribution >= 0.6 is 11.3 Å². The highest BCUT2D eigenvalue weighted by atomic mass is 32.1. The summed E-state index contributed by atoms with van der Waals surface area (Å²) in [5.74, 6) is -4.00. The van der Waals surface area contributed by atoms with Crippen molar-refractivity contribution in [3.05, 3.63) is 64.0 Å². The number of halogens is 5. The Bertz CT molecular complexity index is 1210. The van der Waals surface area contributed by atoms with Crippen LogP contribution in [0.2, 0.25) is 0 Å². The van der Waals surface area contributed by atoms with Gasteiger partial charge in [0.2, 0.25) is 5.91 Å². The van der Waals surface area contributed by atoms with Crippen molar-refractivity contribution in [2.75, 3.05) is 24.7 Å². The Hall–Kier alpha value is -3.54. The lowest BCUT2D eigenvalue weighted by atomic mass is 10.0. The van der Waals surface area contributed by atoms with Gasteiger partial charge in [-0.3, -0.25) is 9.59 Å². The molecule has 1 aromatic heterocycles. The molecule has 2 amide bonds. The highest BCUT2D eigenvalue weighted by molar-refractivity contribution is 7.14. The van der Waals surface area contributed by atoms with Crippen LogP contribution in [0.15, 0.2) is 35.7 Å². The van der Waals surface area contributed by atoms with E-state index < -0.39 is 40.8 Å². The van der Waals surface area contributed by atoms with Gasteiger partial charge in [-0.05, 0) is 23.8 Å². The van der Waals surface area contributed by atoms with Gasteiger partial charge in [0, 0.05) is 25.2 Å². The lowest BCUT2D eigenvalue weighted by Gasteiger charge is -2.13. The van der Waals surface area contributed by atoms with Crippen molar-refractivity contribution in [1.82, 2.24) is 10.3 Å². The number of hydrogen-bond acceptors (Lipinski definition) is 5. The van der Waals surface area contributed by atoms with E-state index in [4.69, 9.17) is 0 Å². The van der Waals surface area contributed by atoms with E-state index in [1.54, 1.807) is 25.2 Å². The van der Waals surface area contributed by atoms with E-state index in [9.17, 15) is 31.5 Å². The molecule has 0 aliphatic carbocycles. The molecule has 0 radical (unpaired) electrons. The third-order valence-electron chi connectivity index (χ3n) is 4.63. The molecule has 0 aliphatic rings. The maximum atomic E-state index is 14.4. The fourth-order valence-corrected chi connectivity index (χ4v) is 3.86. The largest absolute Gasteiger partial charge is 0.419 e. The van der Waals surface area contributed by atoms with Gasteiger partial charge in [0.25, 0.3) is 5.91 Å². The van der Waals surface area contributed by atoms with E-state index in [0.717, 1.165) is 16.7 Å². The maximum Gasteiger partial charge on any atom is 0.419 e. The zero-order valence-electron chi connectivity index (χ0n) is 17.2. The Morgan fingerprint density at radius 3 is 2.45 bits per heavy atom. The average Bonchev–Trinajstić information content (AvgIpc) is 3.19. The highest BCUT2D eigenvalue weighted by Crippen LogP contribution is 2.37. The number of nitrogens with zero attached hydrogens (tertiary/aromatic N) is 1. The Balaban J connectivity index is 1.85. The zero-order valence-corrected chi connectivity index (χ0v) is 18.0. The van der Waals surface area contributed by atoms with Crippen LogP contribution in [0.25, 0.3) is 11.3 Å². The van der Waals surface area contributed by atoms with Crippen molar-refractivity contribution in [2.24, 2.45) is 0 Å². The van der Waals surface area contributed by atoms with Crippen LogP contribution < -0.4 is 16.0 Å². The van der Waals surface area contributed by atoms with Crippen LogP contribution in [-0.4, -0.2) is 30.9 Å². The van der Waals surface area contributed by atoms with Gasteiger partial charge in [-0.1, -0.05) is 12.1 Å². The second-order valence-corrected chi connectivity index (χ2v) is 7.57. The van der Waals surface area contributed by atoms with Gasteiger partial charge in [0.1, 0.15) is 11.6 Å². The first kappa shape index (κ1) is 24.1. The Morgan fingerprint density at radius 1 is 1.09 bits per heavy atom. The van der Waals surface area contributed by atoms with E-state index in [-0.39, 0.29) is 22.8 Å². The van der Waals surface area contributed by atoms with Crippen molar-refractivity contribution in [3.8, 4) is 11.3 Å². The van der Waals surface area contributed by atoms with Crippen molar-refractivity contribution in [3.63, 3.8) is 0 Å². The van der Waals surface area contributed by atoms with Crippen LogP contribution in [0.1, 0.15) is 21.5 Å². The minimum Gasteiger partial charge on any atom is -0.387 e. The molecule has 0 spiro atoms. The van der Waals surface area contributed by atoms with Crippen molar-refractivity contribution in [1.29, 1.82) is 0 Å². The summed E-state index contributed by atoms with van der Waals surface area (Å²) < 4.78 is 67.4. The Kier molecular flexibility index (Phi) is 6.96. The zero-order chi connectivity index (χ0) is 24.3. The number of carbonyl (C=O) groups excluding carboxylic acids is 2. The van der Waals surface area contributed by atoms with Crippen molar-refractivity contribution in [2.45, 2.75) is 12.6 Å². The van der Waals surface area contributed by atoms with Gasteiger partial charge in [0.05, 0.1) is 28.8 Å². The van der Waals surface area contributed by atoms with Crippen LogP contribution in [0.3, 0.4) is 0 Å². The SMILES string of the molecule is CNC(=O)c1c(CC(=O)Nc2nc(-c3c(F)ccc(C(F)(F)F)c3F)cs2)cccc1NC. The van der Waals surface area contributed by atoms with E-state index >= 15 is 0 Å². The monoisotopic (exact) mass is 484 g/mol. The number of amides is 2. The van der Waals surface area contributed by atoms with Gasteiger partial charge in [0.15, 0.2) is 5.13 Å². The topological polar surface area (TPSA) is 83.1 Å². The highest BCUT2D eigenvalue weighted by Gasteiger charge is 2.36. The van der Waals surface area contributed by atoms with E-state index in [1.165, 1.54) is 7.05 Å². The predicted octanol–water partition coefficient (Wildman–Crippen LogP) is 4.69. The molecule has 3 aromatic rings. The predicted molar refractivity (Wildman–Crippen MR) is 114 cm³/mol. The molecule has 3 rings (SSSR count). The minimum absolute atomic E-state index is 0.0718. The quantitative estimate of drug-likeness (QED) is 0.444. The summed E-state index contributed by atoms with van der Waals surface area (Å²) >= 11 is 0.787. The van der Waals surface area contributed by atoms with Crippen LogP contribution in [0, 0.1) is 11.6 Å². The van der Waals surface area contributed by atoms with E-state index in [2.05, 4.69) is 20.9 Å². The Morgan fingerprint density at radius 2 is 1.82 bits per heavy atom. The Labute approximate surface area is 188 Å². The molecule has 0 aliphatic heterocycles. The number of alkyl halides is 3. The van der Waals surface area contributed by atoms with Crippen molar-refractivity contribution < 1.29 is 31.5 Å². The fourth-order valence-electron chi connectivity index (χ4n) is 3.14. The number of carbonyl (C=O) groups is 2. The molecule has 174 valence electrons. The maximum absolute atomic E-state index is 14.4. The molecule has 0 saturated heterocycles. The lowest BCUT2D eigenvalue weighted by molar-refractivity contribution is -0.140. The molecule has 2 aromatic carbocycles. The first-order valence-corrected chi connectivity index (χ1v) is 10.3. The number of aromatic nitrogens is 1. The van der Waals surface area contributed by atoms with Gasteiger partial charge in [-0.15, -0.1) is 11.3 Å². The lowest BCUT2D eigenvalue weighted by Crippen LogP contribution is -2.23. The molecular weight excluding hydrogens is 467 g/mol. The van der Waals surface area contributed by atoms with E-state index in [0.29, 0.717) is 23.4 Å². The standard InChI is InChI=1S/C21H17F5N4O2S/c1-27-13-5-3-4-10(16(13)19(32)28-2)8-15(31)30-20-29-14(9-33-20)17-12(22)7-6-11(18(17)23)21(24,25)26/h3-7,9,27H,8H2,1-2H3,(H,28,32)(H,29,30,31). The molecule has 0 unspecified atom stereocenters. The molecule has 0 fully saturated rings. The summed E-state index contributed by atoms with van der Waals surface area (Å²) in [5.41, 5.74) is -1.77. The number of rotatable bonds is 6. The first-order chi connectivity index (χ1) is 15.6. The smallest absolute Gasteiger partial charge is 0.387 e. The van der Waals surface area contributed by atoms with Gasteiger partial charge in [-0.2, -0.15) is 13.2 Å². The molecule has 0 atom stereocenters. The molecule has 33 heavy (non-hydrogen) atoms. The number of anilines is 2. The molecule has 12 heteroatoms. The summed E-state index contributed by atoms with van der Waals surface area (Å²) in [4.78, 5) is 28.6. The molecule has 6 nitrogen and oxygen atoms in total. The van der Waals surface area contributed by atoms with Gasteiger partial charge in [-0.25, -0.2) is 13.8 Å². The molecule has 0 saturated carbocycles. The average molecular weight is 484 g/mol. The summed E-state index contributed by atoms with van der Waals surface area (Å²) in [5, 5.41) is 8.86. The van der Waals surface area contributed by atoms with Crippen LogP contribution in [0.5, 0.6) is 0 Å². The second kappa shape index (κ2) is 9.53. The molecular formula is C21H17F5N4O2S. The first-order valence-electron chi connectivity index (χ1n) is 9.39.